The zero-order valence-electron chi connectivity index (χ0n) is 8.57. The lowest BCUT2D eigenvalue weighted by Gasteiger charge is -2.37. The van der Waals surface area contributed by atoms with Gasteiger partial charge in [0.15, 0.2) is 0 Å². The van der Waals surface area contributed by atoms with Gasteiger partial charge in [-0.25, -0.2) is 0 Å². The third kappa shape index (κ3) is 1.52. The molecule has 80 valence electrons. The molecule has 0 spiro atoms. The Kier molecular flexibility index (Phi) is 2.15. The Balaban J connectivity index is 2.01. The van der Waals surface area contributed by atoms with Crippen LogP contribution >= 0.6 is 0 Å². The molecule has 1 heterocycles. The molecule has 1 unspecified atom stereocenters. The maximum Gasteiger partial charge on any atom is 0.115 e. The molecule has 3 rings (SSSR count). The number of aromatic hydroxyl groups is 1. The first-order valence-electron chi connectivity index (χ1n) is 5.51. The molecular formula is C12H15NO2. The molecular weight excluding hydrogens is 190 g/mol. The smallest absolute Gasteiger partial charge is 0.115 e. The second kappa shape index (κ2) is 3.51. The number of phenols is 1. The quantitative estimate of drug-likeness (QED) is 0.672. The van der Waals surface area contributed by atoms with Gasteiger partial charge < -0.3 is 15.2 Å². The van der Waals surface area contributed by atoms with Gasteiger partial charge in [-0.1, -0.05) is 6.07 Å². The Morgan fingerprint density at radius 3 is 3.27 bits per heavy atom. The number of nitrogens with one attached hydrogen (secondary N) is 1. The number of aryl methyl sites for hydroxylation is 1. The Labute approximate surface area is 89.1 Å². The van der Waals surface area contributed by atoms with Crippen LogP contribution in [-0.4, -0.2) is 24.3 Å². The summed E-state index contributed by atoms with van der Waals surface area (Å²) in [6, 6.07) is 6.04. The molecule has 1 fully saturated rings. The fourth-order valence-electron chi connectivity index (χ4n) is 2.60. The van der Waals surface area contributed by atoms with Crippen molar-refractivity contribution in [2.24, 2.45) is 0 Å². The van der Waals surface area contributed by atoms with Crippen molar-refractivity contribution in [1.82, 2.24) is 5.32 Å². The van der Waals surface area contributed by atoms with Gasteiger partial charge >= 0.3 is 0 Å². The largest absolute Gasteiger partial charge is 0.508 e. The van der Waals surface area contributed by atoms with Gasteiger partial charge in [0.2, 0.25) is 0 Å². The van der Waals surface area contributed by atoms with Crippen LogP contribution in [0.25, 0.3) is 0 Å². The lowest BCUT2D eigenvalue weighted by molar-refractivity contribution is -0.0128. The van der Waals surface area contributed by atoms with E-state index in [9.17, 15) is 5.11 Å². The first-order chi connectivity index (χ1) is 7.34. The van der Waals surface area contributed by atoms with Crippen LogP contribution in [0.2, 0.25) is 0 Å². The van der Waals surface area contributed by atoms with E-state index in [1.807, 2.05) is 12.1 Å². The molecule has 3 heteroatoms. The fourth-order valence-corrected chi connectivity index (χ4v) is 2.60. The van der Waals surface area contributed by atoms with Crippen molar-refractivity contribution in [1.29, 1.82) is 0 Å². The number of hydrogen-bond acceptors (Lipinski definition) is 3. The predicted molar refractivity (Wildman–Crippen MR) is 56.9 cm³/mol. The van der Waals surface area contributed by atoms with Crippen LogP contribution in [0.3, 0.4) is 0 Å². The Hall–Kier alpha value is -1.06. The van der Waals surface area contributed by atoms with Crippen molar-refractivity contribution < 1.29 is 9.84 Å². The van der Waals surface area contributed by atoms with Crippen LogP contribution in [0.5, 0.6) is 5.75 Å². The molecule has 1 aromatic rings. The van der Waals surface area contributed by atoms with Crippen LogP contribution < -0.4 is 5.32 Å². The summed E-state index contributed by atoms with van der Waals surface area (Å²) in [5.74, 6) is 0.337. The minimum Gasteiger partial charge on any atom is -0.508 e. The highest BCUT2D eigenvalue weighted by Gasteiger charge is 2.32. The molecule has 1 saturated heterocycles. The lowest BCUT2D eigenvalue weighted by atomic mass is 9.85. The Morgan fingerprint density at radius 1 is 1.40 bits per heavy atom. The van der Waals surface area contributed by atoms with Gasteiger partial charge in [-0.2, -0.15) is 0 Å². The second-order valence-electron chi connectivity index (χ2n) is 4.27. The number of morpholine rings is 1. The minimum absolute atomic E-state index is 0.134. The molecule has 1 aromatic carbocycles. The second-order valence-corrected chi connectivity index (χ2v) is 4.27. The van der Waals surface area contributed by atoms with Crippen LogP contribution in [0.4, 0.5) is 0 Å². The van der Waals surface area contributed by atoms with E-state index in [0.29, 0.717) is 11.8 Å². The lowest BCUT2D eigenvalue weighted by Crippen LogP contribution is -2.45. The van der Waals surface area contributed by atoms with Gasteiger partial charge in [0, 0.05) is 12.6 Å². The highest BCUT2D eigenvalue weighted by Crippen LogP contribution is 2.35. The molecule has 2 N–H and O–H groups in total. The average molecular weight is 205 g/mol. The van der Waals surface area contributed by atoms with Crippen LogP contribution in [0, 0.1) is 0 Å². The van der Waals surface area contributed by atoms with Crippen LogP contribution in [0.1, 0.15) is 23.7 Å². The van der Waals surface area contributed by atoms with E-state index < -0.39 is 0 Å². The molecule has 0 aromatic heterocycles. The van der Waals surface area contributed by atoms with Crippen molar-refractivity contribution in [2.45, 2.75) is 25.0 Å². The van der Waals surface area contributed by atoms with Gasteiger partial charge in [0.05, 0.1) is 12.7 Å². The fraction of sp³-hybridized carbons (Fsp3) is 0.500. The summed E-state index contributed by atoms with van der Waals surface area (Å²) in [6.07, 6.45) is 2.34. The summed E-state index contributed by atoms with van der Waals surface area (Å²) in [6.45, 7) is 1.70. The van der Waals surface area contributed by atoms with E-state index in [1.54, 1.807) is 6.07 Å². The highest BCUT2D eigenvalue weighted by molar-refractivity contribution is 5.39. The predicted octanol–water partition coefficient (Wildman–Crippen LogP) is 1.37. The molecule has 0 saturated carbocycles. The van der Waals surface area contributed by atoms with Gasteiger partial charge in [-0.05, 0) is 36.1 Å². The van der Waals surface area contributed by atoms with E-state index in [2.05, 4.69) is 5.32 Å². The molecule has 2 atom stereocenters. The summed E-state index contributed by atoms with van der Waals surface area (Å²) in [5.41, 5.74) is 2.48. The number of phenolic OH excluding ortho intramolecular Hbond substituents is 1. The maximum atomic E-state index is 9.50. The number of benzene rings is 1. The third-order valence-electron chi connectivity index (χ3n) is 3.33. The molecule has 2 aliphatic rings. The van der Waals surface area contributed by atoms with Gasteiger partial charge in [0.25, 0.3) is 0 Å². The van der Waals surface area contributed by atoms with Crippen molar-refractivity contribution in [3.8, 4) is 5.75 Å². The van der Waals surface area contributed by atoms with E-state index >= 15 is 0 Å². The average Bonchev–Trinajstić information content (AvgIpc) is 2.29. The number of rotatable bonds is 0. The molecule has 1 aliphatic heterocycles. The van der Waals surface area contributed by atoms with E-state index in [0.717, 1.165) is 26.0 Å². The SMILES string of the molecule is Oc1ccc2c(c1)[C@H]1OCCNC1CC2. The standard InChI is InChI=1S/C12H15NO2/c14-9-3-1-8-2-4-11-12(10(8)7-9)15-6-5-13-11/h1,3,7,11-14H,2,4-6H2/t11?,12-/m1/s1. The zero-order chi connectivity index (χ0) is 10.3. The van der Waals surface area contributed by atoms with E-state index in [-0.39, 0.29) is 6.10 Å². The number of ether oxygens (including phenoxy) is 1. The summed E-state index contributed by atoms with van der Waals surface area (Å²) in [5, 5.41) is 13.0. The highest BCUT2D eigenvalue weighted by atomic mass is 16.5. The Morgan fingerprint density at radius 2 is 2.33 bits per heavy atom. The molecule has 0 bridgehead atoms. The maximum absolute atomic E-state index is 9.50. The monoisotopic (exact) mass is 205 g/mol. The molecule has 0 amide bonds. The van der Waals surface area contributed by atoms with E-state index in [1.165, 1.54) is 11.1 Å². The topological polar surface area (TPSA) is 41.5 Å². The summed E-state index contributed by atoms with van der Waals surface area (Å²) >= 11 is 0. The summed E-state index contributed by atoms with van der Waals surface area (Å²) in [7, 11) is 0. The molecule has 15 heavy (non-hydrogen) atoms. The zero-order valence-corrected chi connectivity index (χ0v) is 8.57. The van der Waals surface area contributed by atoms with Crippen LogP contribution in [0.15, 0.2) is 18.2 Å². The van der Waals surface area contributed by atoms with Crippen molar-refractivity contribution in [3.05, 3.63) is 29.3 Å². The van der Waals surface area contributed by atoms with Crippen molar-refractivity contribution in [2.75, 3.05) is 13.2 Å². The first-order valence-corrected chi connectivity index (χ1v) is 5.51. The first kappa shape index (κ1) is 9.19. The number of fused-ring (bicyclic) bond motifs is 3. The Bertz CT molecular complexity index is 378. The summed E-state index contributed by atoms with van der Waals surface area (Å²) < 4.78 is 5.79. The van der Waals surface area contributed by atoms with Gasteiger partial charge in [-0.3, -0.25) is 0 Å². The molecule has 3 nitrogen and oxygen atoms in total. The number of hydrogen-bond donors (Lipinski definition) is 2. The van der Waals surface area contributed by atoms with Crippen molar-refractivity contribution in [3.63, 3.8) is 0 Å². The van der Waals surface area contributed by atoms with E-state index in [4.69, 9.17) is 4.74 Å². The minimum atomic E-state index is 0.134. The molecule has 1 aliphatic carbocycles. The molecule has 0 radical (unpaired) electrons. The normalized spacial score (nSPS) is 29.3. The summed E-state index contributed by atoms with van der Waals surface area (Å²) in [4.78, 5) is 0. The van der Waals surface area contributed by atoms with Gasteiger partial charge in [-0.15, -0.1) is 0 Å². The van der Waals surface area contributed by atoms with Crippen LogP contribution in [-0.2, 0) is 11.2 Å². The van der Waals surface area contributed by atoms with Crippen molar-refractivity contribution >= 4 is 0 Å². The van der Waals surface area contributed by atoms with Gasteiger partial charge in [0.1, 0.15) is 5.75 Å². The third-order valence-corrected chi connectivity index (χ3v) is 3.33.